The van der Waals surface area contributed by atoms with E-state index in [-0.39, 0.29) is 11.6 Å². The highest BCUT2D eigenvalue weighted by Crippen LogP contribution is 2.36. The molecule has 3 heteroatoms. The topological polar surface area (TPSA) is 47.3 Å². The van der Waals surface area contributed by atoms with Gasteiger partial charge in [-0.25, -0.2) is 0 Å². The van der Waals surface area contributed by atoms with Gasteiger partial charge in [0.1, 0.15) is 0 Å². The molecule has 2 rings (SSSR count). The molecule has 1 heterocycles. The first-order valence-corrected chi connectivity index (χ1v) is 7.74. The fourth-order valence-electron chi connectivity index (χ4n) is 3.18. The third kappa shape index (κ3) is 3.60. The Labute approximate surface area is 122 Å². The molecule has 3 N–H and O–H groups in total. The van der Waals surface area contributed by atoms with Crippen LogP contribution >= 0.6 is 0 Å². The summed E-state index contributed by atoms with van der Waals surface area (Å²) < 4.78 is 6.05. The van der Waals surface area contributed by atoms with Crippen molar-refractivity contribution in [2.75, 3.05) is 6.61 Å². The van der Waals surface area contributed by atoms with Crippen LogP contribution in [0, 0.1) is 5.92 Å². The molecule has 20 heavy (non-hydrogen) atoms. The van der Waals surface area contributed by atoms with E-state index in [0.29, 0.717) is 5.92 Å². The lowest BCUT2D eigenvalue weighted by Gasteiger charge is -2.40. The van der Waals surface area contributed by atoms with Gasteiger partial charge in [-0.3, -0.25) is 11.3 Å². The van der Waals surface area contributed by atoms with Crippen molar-refractivity contribution in [3.63, 3.8) is 0 Å². The average Bonchev–Trinajstić information content (AvgIpc) is 2.39. The van der Waals surface area contributed by atoms with Gasteiger partial charge >= 0.3 is 0 Å². The molecule has 1 aromatic carbocycles. The predicted octanol–water partition coefficient (Wildman–Crippen LogP) is 3.35. The van der Waals surface area contributed by atoms with Gasteiger partial charge in [-0.05, 0) is 49.7 Å². The second kappa shape index (κ2) is 6.70. The standard InChI is InChI=1S/C17H28N2O/c1-13(2)11-14-7-6-8-15(12-14)16(19-18)17(3)9-4-5-10-20-17/h6-8,12-13,16,19H,4-5,9-11,18H2,1-3H3. The van der Waals surface area contributed by atoms with Crippen molar-refractivity contribution in [1.82, 2.24) is 5.43 Å². The zero-order valence-electron chi connectivity index (χ0n) is 13.0. The van der Waals surface area contributed by atoms with Crippen LogP contribution < -0.4 is 11.3 Å². The largest absolute Gasteiger partial charge is 0.373 e. The van der Waals surface area contributed by atoms with E-state index in [0.717, 1.165) is 25.9 Å². The van der Waals surface area contributed by atoms with Crippen LogP contribution in [0.2, 0.25) is 0 Å². The number of hydrogen-bond acceptors (Lipinski definition) is 3. The zero-order valence-corrected chi connectivity index (χ0v) is 13.0. The molecule has 1 saturated heterocycles. The number of nitrogens with one attached hydrogen (secondary N) is 1. The molecule has 0 saturated carbocycles. The van der Waals surface area contributed by atoms with E-state index >= 15 is 0 Å². The van der Waals surface area contributed by atoms with Crippen LogP contribution in [-0.2, 0) is 11.2 Å². The highest BCUT2D eigenvalue weighted by Gasteiger charge is 2.37. The van der Waals surface area contributed by atoms with Crippen LogP contribution in [0.1, 0.15) is 57.2 Å². The van der Waals surface area contributed by atoms with Crippen LogP contribution in [0.3, 0.4) is 0 Å². The van der Waals surface area contributed by atoms with Crippen molar-refractivity contribution in [1.29, 1.82) is 0 Å². The predicted molar refractivity (Wildman–Crippen MR) is 83.3 cm³/mol. The van der Waals surface area contributed by atoms with Gasteiger partial charge in [0.25, 0.3) is 0 Å². The minimum atomic E-state index is -0.205. The van der Waals surface area contributed by atoms with E-state index in [9.17, 15) is 0 Å². The third-order valence-electron chi connectivity index (χ3n) is 4.20. The van der Waals surface area contributed by atoms with Crippen LogP contribution in [0.15, 0.2) is 24.3 Å². The molecular weight excluding hydrogens is 248 g/mol. The summed E-state index contributed by atoms with van der Waals surface area (Å²) >= 11 is 0. The van der Waals surface area contributed by atoms with Crippen LogP contribution in [0.25, 0.3) is 0 Å². The summed E-state index contributed by atoms with van der Waals surface area (Å²) in [6, 6.07) is 8.80. The molecule has 0 spiro atoms. The average molecular weight is 276 g/mol. The molecule has 1 fully saturated rings. The molecule has 0 radical (unpaired) electrons. The quantitative estimate of drug-likeness (QED) is 0.640. The highest BCUT2D eigenvalue weighted by atomic mass is 16.5. The van der Waals surface area contributed by atoms with E-state index in [4.69, 9.17) is 10.6 Å². The van der Waals surface area contributed by atoms with Crippen molar-refractivity contribution in [2.45, 2.75) is 58.1 Å². The van der Waals surface area contributed by atoms with Crippen LogP contribution in [0.5, 0.6) is 0 Å². The Hall–Kier alpha value is -0.900. The first-order chi connectivity index (χ1) is 9.55. The summed E-state index contributed by atoms with van der Waals surface area (Å²) in [6.07, 6.45) is 4.51. The molecule has 0 aliphatic carbocycles. The Kier molecular flexibility index (Phi) is 5.19. The number of nitrogens with two attached hydrogens (primary N) is 1. The Bertz CT molecular complexity index is 425. The molecule has 2 atom stereocenters. The summed E-state index contributed by atoms with van der Waals surface area (Å²) in [6.45, 7) is 7.50. The maximum atomic E-state index is 6.05. The molecule has 0 bridgehead atoms. The van der Waals surface area contributed by atoms with E-state index in [2.05, 4.69) is 50.5 Å². The van der Waals surface area contributed by atoms with E-state index in [1.807, 2.05) is 0 Å². The van der Waals surface area contributed by atoms with Gasteiger partial charge in [-0.1, -0.05) is 38.1 Å². The molecule has 1 aromatic rings. The first kappa shape index (κ1) is 15.5. The van der Waals surface area contributed by atoms with Gasteiger partial charge in [0.05, 0.1) is 11.6 Å². The Balaban J connectivity index is 2.22. The van der Waals surface area contributed by atoms with Gasteiger partial charge < -0.3 is 4.74 Å². The minimum absolute atomic E-state index is 0.0508. The second-order valence-electron chi connectivity index (χ2n) is 6.56. The Morgan fingerprint density at radius 2 is 2.15 bits per heavy atom. The van der Waals surface area contributed by atoms with Crippen molar-refractivity contribution in [3.8, 4) is 0 Å². The Morgan fingerprint density at radius 1 is 1.35 bits per heavy atom. The second-order valence-corrected chi connectivity index (χ2v) is 6.56. The maximum Gasteiger partial charge on any atom is 0.0861 e. The zero-order chi connectivity index (χ0) is 14.6. The van der Waals surface area contributed by atoms with Crippen molar-refractivity contribution >= 4 is 0 Å². The van der Waals surface area contributed by atoms with E-state index < -0.39 is 0 Å². The number of rotatable bonds is 5. The summed E-state index contributed by atoms with van der Waals surface area (Å²) in [5.74, 6) is 6.51. The van der Waals surface area contributed by atoms with Gasteiger partial charge in [-0.15, -0.1) is 0 Å². The first-order valence-electron chi connectivity index (χ1n) is 7.74. The molecule has 112 valence electrons. The summed E-state index contributed by atoms with van der Waals surface area (Å²) in [5, 5.41) is 0. The molecular formula is C17H28N2O. The van der Waals surface area contributed by atoms with Crippen LogP contribution in [0.4, 0.5) is 0 Å². The molecule has 1 aliphatic heterocycles. The highest BCUT2D eigenvalue weighted by molar-refractivity contribution is 5.28. The van der Waals surface area contributed by atoms with E-state index in [1.165, 1.54) is 17.5 Å². The molecule has 0 aromatic heterocycles. The normalized spacial score (nSPS) is 24.9. The summed E-state index contributed by atoms with van der Waals surface area (Å²) in [7, 11) is 0. The lowest BCUT2D eigenvalue weighted by molar-refractivity contribution is -0.0899. The fraction of sp³-hybridized carbons (Fsp3) is 0.647. The van der Waals surface area contributed by atoms with Gasteiger partial charge in [0, 0.05) is 6.61 Å². The van der Waals surface area contributed by atoms with Gasteiger partial charge in [-0.2, -0.15) is 0 Å². The molecule has 0 amide bonds. The number of ether oxygens (including phenoxy) is 1. The molecule has 3 nitrogen and oxygen atoms in total. The van der Waals surface area contributed by atoms with Crippen LogP contribution in [-0.4, -0.2) is 12.2 Å². The molecule has 1 aliphatic rings. The number of benzene rings is 1. The smallest absolute Gasteiger partial charge is 0.0861 e. The Morgan fingerprint density at radius 3 is 2.75 bits per heavy atom. The number of hydrazine groups is 1. The van der Waals surface area contributed by atoms with Gasteiger partial charge in [0.2, 0.25) is 0 Å². The maximum absolute atomic E-state index is 6.05. The van der Waals surface area contributed by atoms with Crippen molar-refractivity contribution < 1.29 is 4.74 Å². The minimum Gasteiger partial charge on any atom is -0.373 e. The van der Waals surface area contributed by atoms with E-state index in [1.54, 1.807) is 0 Å². The van der Waals surface area contributed by atoms with Crippen molar-refractivity contribution in [3.05, 3.63) is 35.4 Å². The van der Waals surface area contributed by atoms with Crippen molar-refractivity contribution in [2.24, 2.45) is 11.8 Å². The third-order valence-corrected chi connectivity index (χ3v) is 4.20. The summed E-state index contributed by atoms with van der Waals surface area (Å²) in [5.41, 5.74) is 5.38. The summed E-state index contributed by atoms with van der Waals surface area (Å²) in [4.78, 5) is 0. The lowest BCUT2D eigenvalue weighted by Crippen LogP contribution is -2.48. The number of hydrogen-bond donors (Lipinski definition) is 2. The lowest BCUT2D eigenvalue weighted by atomic mass is 9.83. The fourth-order valence-corrected chi connectivity index (χ4v) is 3.18. The van der Waals surface area contributed by atoms with Gasteiger partial charge in [0.15, 0.2) is 0 Å². The molecule has 2 unspecified atom stereocenters. The monoisotopic (exact) mass is 276 g/mol. The SMILES string of the molecule is CC(C)Cc1cccc(C(NN)C2(C)CCCCO2)c1.